The fraction of sp³-hybridized carbons (Fsp3) is 0.917. The molecule has 15 heavy (non-hydrogen) atoms. The van der Waals surface area contributed by atoms with E-state index < -0.39 is 0 Å². The van der Waals surface area contributed by atoms with Crippen LogP contribution >= 0.6 is 0 Å². The van der Waals surface area contributed by atoms with Crippen LogP contribution in [0, 0.1) is 0 Å². The Morgan fingerprint density at radius 1 is 1.40 bits per heavy atom. The molecule has 1 rings (SSSR count). The molecule has 3 heteroatoms. The van der Waals surface area contributed by atoms with E-state index in [2.05, 4.69) is 17.6 Å². The molecule has 0 spiro atoms. The van der Waals surface area contributed by atoms with Crippen molar-refractivity contribution in [2.75, 3.05) is 13.1 Å². The molecule has 1 fully saturated rings. The number of piperidine rings is 1. The highest BCUT2D eigenvalue weighted by Gasteiger charge is 2.33. The van der Waals surface area contributed by atoms with Crippen molar-refractivity contribution in [3.63, 3.8) is 0 Å². The average molecular weight is 212 g/mol. The second kappa shape index (κ2) is 6.11. The molecule has 1 heterocycles. The van der Waals surface area contributed by atoms with Gasteiger partial charge in [0.2, 0.25) is 5.91 Å². The van der Waals surface area contributed by atoms with Crippen molar-refractivity contribution in [2.24, 2.45) is 0 Å². The van der Waals surface area contributed by atoms with E-state index in [9.17, 15) is 4.79 Å². The first-order chi connectivity index (χ1) is 7.19. The Bertz CT molecular complexity index is 198. The number of unbranched alkanes of at least 4 members (excludes halogenated alkanes) is 2. The monoisotopic (exact) mass is 212 g/mol. The fourth-order valence-electron chi connectivity index (χ4n) is 2.02. The maximum Gasteiger partial charge on any atom is 0.240 e. The molecule has 2 N–H and O–H groups in total. The van der Waals surface area contributed by atoms with Crippen LogP contribution in [0.2, 0.25) is 0 Å². The summed E-state index contributed by atoms with van der Waals surface area (Å²) >= 11 is 0. The van der Waals surface area contributed by atoms with Crippen LogP contribution in [0.3, 0.4) is 0 Å². The molecule has 0 aromatic rings. The van der Waals surface area contributed by atoms with Crippen LogP contribution in [0.1, 0.15) is 52.4 Å². The number of nitrogens with one attached hydrogen (secondary N) is 2. The van der Waals surface area contributed by atoms with Crippen LogP contribution in [0.4, 0.5) is 0 Å². The van der Waals surface area contributed by atoms with Gasteiger partial charge in [-0.3, -0.25) is 4.79 Å². The van der Waals surface area contributed by atoms with Gasteiger partial charge in [-0.1, -0.05) is 19.8 Å². The molecule has 1 unspecified atom stereocenters. The Labute approximate surface area is 93.0 Å². The molecule has 0 radical (unpaired) electrons. The summed E-state index contributed by atoms with van der Waals surface area (Å²) in [6, 6.07) is 0. The molecular weight excluding hydrogens is 188 g/mol. The summed E-state index contributed by atoms with van der Waals surface area (Å²) in [5.41, 5.74) is -0.315. The van der Waals surface area contributed by atoms with E-state index in [0.717, 1.165) is 32.4 Å². The van der Waals surface area contributed by atoms with E-state index >= 15 is 0 Å². The summed E-state index contributed by atoms with van der Waals surface area (Å²) in [6.45, 7) is 5.98. The van der Waals surface area contributed by atoms with E-state index in [1.54, 1.807) is 0 Å². The maximum absolute atomic E-state index is 11.9. The van der Waals surface area contributed by atoms with Gasteiger partial charge in [0.05, 0.1) is 5.54 Å². The van der Waals surface area contributed by atoms with Crippen molar-refractivity contribution in [1.29, 1.82) is 0 Å². The fourth-order valence-corrected chi connectivity index (χ4v) is 2.02. The van der Waals surface area contributed by atoms with Gasteiger partial charge in [0.15, 0.2) is 0 Å². The number of hydrogen-bond acceptors (Lipinski definition) is 2. The van der Waals surface area contributed by atoms with Crippen LogP contribution in [-0.4, -0.2) is 24.5 Å². The van der Waals surface area contributed by atoms with E-state index in [-0.39, 0.29) is 11.4 Å². The van der Waals surface area contributed by atoms with Crippen LogP contribution < -0.4 is 10.6 Å². The number of rotatable bonds is 5. The lowest BCUT2D eigenvalue weighted by Crippen LogP contribution is -2.57. The summed E-state index contributed by atoms with van der Waals surface area (Å²) in [6.07, 6.45) is 6.81. The minimum Gasteiger partial charge on any atom is -0.355 e. The van der Waals surface area contributed by atoms with Crippen molar-refractivity contribution in [2.45, 2.75) is 57.9 Å². The van der Waals surface area contributed by atoms with Gasteiger partial charge in [-0.05, 0) is 39.2 Å². The minimum atomic E-state index is -0.315. The summed E-state index contributed by atoms with van der Waals surface area (Å²) in [4.78, 5) is 11.9. The van der Waals surface area contributed by atoms with Gasteiger partial charge in [0.1, 0.15) is 0 Å². The molecule has 1 aliphatic heterocycles. The zero-order chi connectivity index (χ0) is 11.1. The van der Waals surface area contributed by atoms with Gasteiger partial charge in [0.25, 0.3) is 0 Å². The molecule has 0 aromatic heterocycles. The smallest absolute Gasteiger partial charge is 0.240 e. The Morgan fingerprint density at radius 2 is 2.20 bits per heavy atom. The van der Waals surface area contributed by atoms with Crippen molar-refractivity contribution in [3.8, 4) is 0 Å². The van der Waals surface area contributed by atoms with Gasteiger partial charge in [0, 0.05) is 6.54 Å². The normalized spacial score (nSPS) is 26.3. The van der Waals surface area contributed by atoms with Gasteiger partial charge < -0.3 is 10.6 Å². The average Bonchev–Trinajstić information content (AvgIpc) is 2.25. The topological polar surface area (TPSA) is 41.1 Å². The molecule has 0 aromatic carbocycles. The zero-order valence-corrected chi connectivity index (χ0v) is 10.1. The molecule has 1 aliphatic rings. The van der Waals surface area contributed by atoms with Crippen LogP contribution in [0.25, 0.3) is 0 Å². The Kier molecular flexibility index (Phi) is 5.09. The summed E-state index contributed by atoms with van der Waals surface area (Å²) in [5, 5.41) is 6.35. The summed E-state index contributed by atoms with van der Waals surface area (Å²) < 4.78 is 0. The summed E-state index contributed by atoms with van der Waals surface area (Å²) in [7, 11) is 0. The second-order valence-corrected chi connectivity index (χ2v) is 4.68. The lowest BCUT2D eigenvalue weighted by atomic mass is 9.90. The Balaban J connectivity index is 2.25. The Hall–Kier alpha value is -0.570. The first-order valence-electron chi connectivity index (χ1n) is 6.22. The van der Waals surface area contributed by atoms with E-state index in [4.69, 9.17) is 0 Å². The quantitative estimate of drug-likeness (QED) is 0.683. The first kappa shape index (κ1) is 12.5. The molecule has 1 amide bonds. The summed E-state index contributed by atoms with van der Waals surface area (Å²) in [5.74, 6) is 0.179. The molecule has 1 atom stereocenters. The third kappa shape index (κ3) is 3.82. The predicted molar refractivity (Wildman–Crippen MR) is 62.8 cm³/mol. The van der Waals surface area contributed by atoms with Crippen LogP contribution in [0.5, 0.6) is 0 Å². The van der Waals surface area contributed by atoms with Crippen molar-refractivity contribution < 1.29 is 4.79 Å². The SMILES string of the molecule is CCCCCNC(=O)C1(C)CCCCN1. The maximum atomic E-state index is 11.9. The minimum absolute atomic E-state index is 0.179. The largest absolute Gasteiger partial charge is 0.355 e. The lowest BCUT2D eigenvalue weighted by Gasteiger charge is -2.33. The highest BCUT2D eigenvalue weighted by atomic mass is 16.2. The number of carbonyl (C=O) groups excluding carboxylic acids is 1. The van der Waals surface area contributed by atoms with Crippen LogP contribution in [-0.2, 0) is 4.79 Å². The second-order valence-electron chi connectivity index (χ2n) is 4.68. The number of carbonyl (C=O) groups is 1. The highest BCUT2D eigenvalue weighted by molar-refractivity contribution is 5.85. The molecule has 1 saturated heterocycles. The molecule has 3 nitrogen and oxygen atoms in total. The molecule has 0 aliphatic carbocycles. The van der Waals surface area contributed by atoms with Gasteiger partial charge >= 0.3 is 0 Å². The van der Waals surface area contributed by atoms with E-state index in [0.29, 0.717) is 0 Å². The third-order valence-electron chi connectivity index (χ3n) is 3.19. The van der Waals surface area contributed by atoms with Crippen molar-refractivity contribution >= 4 is 5.91 Å². The zero-order valence-electron chi connectivity index (χ0n) is 10.1. The number of hydrogen-bond donors (Lipinski definition) is 2. The molecule has 0 bridgehead atoms. The van der Waals surface area contributed by atoms with E-state index in [1.165, 1.54) is 19.3 Å². The standard InChI is InChI=1S/C12H24N2O/c1-3-4-6-9-13-11(15)12(2)8-5-7-10-14-12/h14H,3-10H2,1-2H3,(H,13,15). The highest BCUT2D eigenvalue weighted by Crippen LogP contribution is 2.18. The van der Waals surface area contributed by atoms with E-state index in [1.807, 2.05) is 6.92 Å². The molecule has 0 saturated carbocycles. The first-order valence-corrected chi connectivity index (χ1v) is 6.22. The third-order valence-corrected chi connectivity index (χ3v) is 3.19. The van der Waals surface area contributed by atoms with Gasteiger partial charge in [-0.25, -0.2) is 0 Å². The van der Waals surface area contributed by atoms with Crippen molar-refractivity contribution in [1.82, 2.24) is 10.6 Å². The molecular formula is C12H24N2O. The van der Waals surface area contributed by atoms with Crippen LogP contribution in [0.15, 0.2) is 0 Å². The predicted octanol–water partition coefficient (Wildman–Crippen LogP) is 1.82. The van der Waals surface area contributed by atoms with Gasteiger partial charge in [-0.15, -0.1) is 0 Å². The van der Waals surface area contributed by atoms with Crippen molar-refractivity contribution in [3.05, 3.63) is 0 Å². The number of amides is 1. The Morgan fingerprint density at radius 3 is 2.80 bits per heavy atom. The lowest BCUT2D eigenvalue weighted by molar-refractivity contribution is -0.127. The molecule has 88 valence electrons. The van der Waals surface area contributed by atoms with Gasteiger partial charge in [-0.2, -0.15) is 0 Å².